The maximum atomic E-state index is 13.3. The molecule has 0 spiro atoms. The summed E-state index contributed by atoms with van der Waals surface area (Å²) in [7, 11) is 0. The van der Waals surface area contributed by atoms with Gasteiger partial charge >= 0.3 is 0 Å². The predicted molar refractivity (Wildman–Crippen MR) is 93.1 cm³/mol. The summed E-state index contributed by atoms with van der Waals surface area (Å²) in [4.78, 5) is 35.7. The molecule has 128 valence electrons. The van der Waals surface area contributed by atoms with Crippen molar-refractivity contribution in [1.29, 1.82) is 0 Å². The third-order valence-electron chi connectivity index (χ3n) is 3.33. The van der Waals surface area contributed by atoms with Gasteiger partial charge in [0.2, 0.25) is 0 Å². The maximum absolute atomic E-state index is 13.3. The van der Waals surface area contributed by atoms with Crippen LogP contribution in [0.3, 0.4) is 0 Å². The van der Waals surface area contributed by atoms with Gasteiger partial charge in [-0.05, 0) is 24.3 Å². The van der Waals surface area contributed by atoms with Crippen molar-refractivity contribution in [3.63, 3.8) is 0 Å². The van der Waals surface area contributed by atoms with Crippen LogP contribution in [0.25, 0.3) is 10.1 Å². The third kappa shape index (κ3) is 3.70. The summed E-state index contributed by atoms with van der Waals surface area (Å²) in [5, 5.41) is 0.742. The topological polar surface area (TPSA) is 80.2 Å². The summed E-state index contributed by atoms with van der Waals surface area (Å²) in [6.07, 6.45) is 1.46. The summed E-state index contributed by atoms with van der Waals surface area (Å²) >= 11 is 7.15. The van der Waals surface area contributed by atoms with E-state index in [9.17, 15) is 18.8 Å². The van der Waals surface area contributed by atoms with Gasteiger partial charge in [0.1, 0.15) is 17.2 Å². The van der Waals surface area contributed by atoms with Gasteiger partial charge in [-0.2, -0.15) is 0 Å². The van der Waals surface area contributed by atoms with Crippen LogP contribution in [0.15, 0.2) is 47.4 Å². The van der Waals surface area contributed by atoms with Crippen molar-refractivity contribution in [1.82, 2.24) is 15.4 Å². The third-order valence-corrected chi connectivity index (χ3v) is 4.98. The smallest absolute Gasteiger partial charge is 0.281 e. The molecule has 2 aromatic heterocycles. The van der Waals surface area contributed by atoms with E-state index in [-0.39, 0.29) is 22.0 Å². The van der Waals surface area contributed by atoms with E-state index in [1.807, 2.05) is 0 Å². The Hall–Kier alpha value is -2.71. The minimum absolute atomic E-state index is 0.152. The van der Waals surface area contributed by atoms with E-state index in [4.69, 9.17) is 11.6 Å². The largest absolute Gasteiger partial charge is 0.306 e. The number of aromatic nitrogens is 1. The van der Waals surface area contributed by atoms with E-state index in [0.717, 1.165) is 11.3 Å². The van der Waals surface area contributed by atoms with Gasteiger partial charge in [-0.1, -0.05) is 17.7 Å². The number of hydrogen-bond donors (Lipinski definition) is 2. The number of fused-ring (bicyclic) bond motifs is 1. The Kier molecular flexibility index (Phi) is 4.82. The first-order valence-corrected chi connectivity index (χ1v) is 8.27. The lowest BCUT2D eigenvalue weighted by molar-refractivity contribution is -0.122. The first kappa shape index (κ1) is 17.1. The summed E-state index contributed by atoms with van der Waals surface area (Å²) in [6, 6.07) is 8.52. The molecule has 0 aliphatic carbocycles. The van der Waals surface area contributed by atoms with Gasteiger partial charge in [0.15, 0.2) is 0 Å². The van der Waals surface area contributed by atoms with Gasteiger partial charge < -0.3 is 4.57 Å². The molecule has 6 nitrogen and oxygen atoms in total. The first-order valence-electron chi connectivity index (χ1n) is 7.08. The van der Waals surface area contributed by atoms with Crippen LogP contribution in [-0.2, 0) is 11.3 Å². The number of rotatable bonds is 3. The van der Waals surface area contributed by atoms with Crippen molar-refractivity contribution in [2.24, 2.45) is 0 Å². The number of thiophene rings is 1. The van der Waals surface area contributed by atoms with Crippen LogP contribution in [0.5, 0.6) is 0 Å². The van der Waals surface area contributed by atoms with Gasteiger partial charge in [0.05, 0.1) is 5.02 Å². The summed E-state index contributed by atoms with van der Waals surface area (Å²) in [5.41, 5.74) is 4.11. The lowest BCUT2D eigenvalue weighted by Crippen LogP contribution is -2.43. The molecule has 2 heterocycles. The zero-order valence-corrected chi connectivity index (χ0v) is 14.2. The van der Waals surface area contributed by atoms with Crippen LogP contribution in [0.2, 0.25) is 5.02 Å². The number of benzene rings is 1. The molecule has 0 saturated heterocycles. The van der Waals surface area contributed by atoms with E-state index < -0.39 is 17.6 Å². The van der Waals surface area contributed by atoms with Gasteiger partial charge in [0.25, 0.3) is 17.4 Å². The van der Waals surface area contributed by atoms with Gasteiger partial charge in [0, 0.05) is 22.3 Å². The summed E-state index contributed by atoms with van der Waals surface area (Å²) < 4.78 is 15.0. The van der Waals surface area contributed by atoms with Crippen LogP contribution < -0.4 is 16.4 Å². The normalized spacial score (nSPS) is 10.6. The Morgan fingerprint density at radius 3 is 2.76 bits per heavy atom. The van der Waals surface area contributed by atoms with Crippen molar-refractivity contribution in [3.8, 4) is 0 Å². The second-order valence-electron chi connectivity index (χ2n) is 5.05. The van der Waals surface area contributed by atoms with Crippen LogP contribution in [0.4, 0.5) is 4.39 Å². The zero-order chi connectivity index (χ0) is 18.0. The number of nitrogens with zero attached hydrogens (tertiary/aromatic N) is 1. The standard InChI is InChI=1S/C16H11ClFN3O3S/c17-14-10-5-4-9(18)7-11(10)25-15(14)16(24)20-19-12(22)8-21-6-2-1-3-13(21)23/h1-7H,8H2,(H,19,22)(H,20,24). The van der Waals surface area contributed by atoms with E-state index in [1.54, 1.807) is 12.1 Å². The fourth-order valence-corrected chi connectivity index (χ4v) is 3.59. The number of amides is 2. The van der Waals surface area contributed by atoms with E-state index in [0.29, 0.717) is 10.1 Å². The van der Waals surface area contributed by atoms with E-state index in [2.05, 4.69) is 10.9 Å². The Bertz CT molecular complexity index is 1030. The molecular weight excluding hydrogens is 369 g/mol. The number of nitrogens with one attached hydrogen (secondary N) is 2. The molecule has 9 heteroatoms. The van der Waals surface area contributed by atoms with Crippen LogP contribution >= 0.6 is 22.9 Å². The number of hydrazine groups is 1. The number of carbonyl (C=O) groups is 2. The molecular formula is C16H11ClFN3O3S. The Balaban J connectivity index is 1.68. The molecule has 2 amide bonds. The predicted octanol–water partition coefficient (Wildman–Crippen LogP) is 2.32. The minimum atomic E-state index is -0.625. The zero-order valence-electron chi connectivity index (χ0n) is 12.6. The van der Waals surface area contributed by atoms with Crippen molar-refractivity contribution < 1.29 is 14.0 Å². The Morgan fingerprint density at radius 1 is 1.20 bits per heavy atom. The van der Waals surface area contributed by atoms with Crippen molar-refractivity contribution in [3.05, 3.63) is 68.7 Å². The van der Waals surface area contributed by atoms with Crippen molar-refractivity contribution in [2.45, 2.75) is 6.54 Å². The lowest BCUT2D eigenvalue weighted by atomic mass is 10.2. The molecule has 0 aliphatic rings. The molecule has 0 unspecified atom stereocenters. The molecule has 0 saturated carbocycles. The monoisotopic (exact) mass is 379 g/mol. The fraction of sp³-hybridized carbons (Fsp3) is 0.0625. The van der Waals surface area contributed by atoms with E-state index in [1.165, 1.54) is 35.0 Å². The molecule has 25 heavy (non-hydrogen) atoms. The Labute approximate surface area is 149 Å². The van der Waals surface area contributed by atoms with Crippen molar-refractivity contribution in [2.75, 3.05) is 0 Å². The second kappa shape index (κ2) is 7.04. The number of hydrogen-bond acceptors (Lipinski definition) is 4. The quantitative estimate of drug-likeness (QED) is 0.685. The molecule has 1 aromatic carbocycles. The molecule has 2 N–H and O–H groups in total. The van der Waals surface area contributed by atoms with Gasteiger partial charge in [-0.15, -0.1) is 11.3 Å². The van der Waals surface area contributed by atoms with Gasteiger partial charge in [-0.25, -0.2) is 4.39 Å². The van der Waals surface area contributed by atoms with Crippen LogP contribution in [0.1, 0.15) is 9.67 Å². The Morgan fingerprint density at radius 2 is 2.00 bits per heavy atom. The highest BCUT2D eigenvalue weighted by Crippen LogP contribution is 2.35. The SMILES string of the molecule is O=C(Cn1ccccc1=O)NNC(=O)c1sc2cc(F)ccc2c1Cl. The van der Waals surface area contributed by atoms with Gasteiger partial charge in [-0.3, -0.25) is 25.2 Å². The highest BCUT2D eigenvalue weighted by Gasteiger charge is 2.18. The summed E-state index contributed by atoms with van der Waals surface area (Å²) in [6.45, 7) is -0.245. The number of carbonyl (C=O) groups excluding carboxylic acids is 2. The molecule has 0 fully saturated rings. The first-order chi connectivity index (χ1) is 12.0. The van der Waals surface area contributed by atoms with E-state index >= 15 is 0 Å². The minimum Gasteiger partial charge on any atom is -0.306 e. The molecule has 3 aromatic rings. The molecule has 0 bridgehead atoms. The molecule has 0 radical (unpaired) electrons. The maximum Gasteiger partial charge on any atom is 0.281 e. The average Bonchev–Trinajstić information content (AvgIpc) is 2.91. The highest BCUT2D eigenvalue weighted by atomic mass is 35.5. The lowest BCUT2D eigenvalue weighted by Gasteiger charge is -2.08. The molecule has 0 aliphatic heterocycles. The van der Waals surface area contributed by atoms with Crippen molar-refractivity contribution >= 4 is 44.8 Å². The fourth-order valence-electron chi connectivity index (χ4n) is 2.15. The average molecular weight is 380 g/mol. The highest BCUT2D eigenvalue weighted by molar-refractivity contribution is 7.21. The number of halogens is 2. The van der Waals surface area contributed by atoms with Crippen LogP contribution in [0, 0.1) is 5.82 Å². The molecule has 0 atom stereocenters. The number of pyridine rings is 1. The second-order valence-corrected chi connectivity index (χ2v) is 6.48. The molecule has 3 rings (SSSR count). The summed E-state index contributed by atoms with van der Waals surface area (Å²) in [5.74, 6) is -1.63. The van der Waals surface area contributed by atoms with Crippen LogP contribution in [-0.4, -0.2) is 16.4 Å².